The van der Waals surface area contributed by atoms with Crippen LogP contribution in [0.15, 0.2) is 35.1 Å². The fourth-order valence-electron chi connectivity index (χ4n) is 1.84. The highest BCUT2D eigenvalue weighted by Gasteiger charge is 2.07. The average molecular weight is 258 g/mol. The van der Waals surface area contributed by atoms with Crippen molar-refractivity contribution in [1.29, 1.82) is 0 Å². The number of nitrogens with two attached hydrogens (primary N) is 1. The van der Waals surface area contributed by atoms with Crippen molar-refractivity contribution < 1.29 is 0 Å². The first-order valence-corrected chi connectivity index (χ1v) is 6.30. The van der Waals surface area contributed by atoms with Crippen LogP contribution in [0, 0.1) is 0 Å². The van der Waals surface area contributed by atoms with E-state index in [1.54, 1.807) is 0 Å². The maximum absolute atomic E-state index is 11.5. The van der Waals surface area contributed by atoms with Crippen molar-refractivity contribution in [2.45, 2.75) is 26.3 Å². The van der Waals surface area contributed by atoms with Crippen LogP contribution < -0.4 is 16.6 Å². The first-order valence-electron chi connectivity index (χ1n) is 6.30. The maximum Gasteiger partial charge on any atom is 0.252 e. The molecule has 0 bridgehead atoms. The summed E-state index contributed by atoms with van der Waals surface area (Å²) < 4.78 is 0. The lowest BCUT2D eigenvalue weighted by atomic mass is 10.1. The molecule has 0 amide bonds. The molecule has 2 rings (SSSR count). The van der Waals surface area contributed by atoms with Gasteiger partial charge in [-0.2, -0.15) is 0 Å². The molecule has 0 spiro atoms. The monoisotopic (exact) mass is 258 g/mol. The Labute approximate surface area is 111 Å². The first-order chi connectivity index (χ1) is 9.08. The standard InChI is InChI=1S/C14H18N4O/c1-3-12-17-13(8-14(19)18-12)16-9(2)10-4-6-11(15)7-5-10/h4-9H,3,15H2,1-2H3,(H2,16,17,18,19). The van der Waals surface area contributed by atoms with Gasteiger partial charge in [0.2, 0.25) is 0 Å². The number of hydrogen-bond acceptors (Lipinski definition) is 4. The van der Waals surface area contributed by atoms with E-state index in [-0.39, 0.29) is 11.6 Å². The largest absolute Gasteiger partial charge is 0.399 e. The van der Waals surface area contributed by atoms with Crippen molar-refractivity contribution in [3.05, 3.63) is 52.1 Å². The van der Waals surface area contributed by atoms with Crippen LogP contribution in [-0.4, -0.2) is 9.97 Å². The number of nitrogens with one attached hydrogen (secondary N) is 2. The predicted molar refractivity (Wildman–Crippen MR) is 77.1 cm³/mol. The Morgan fingerprint density at radius 2 is 2.05 bits per heavy atom. The summed E-state index contributed by atoms with van der Waals surface area (Å²) >= 11 is 0. The molecule has 1 aromatic heterocycles. The highest BCUT2D eigenvalue weighted by Crippen LogP contribution is 2.18. The molecule has 5 nitrogen and oxygen atoms in total. The molecule has 0 aliphatic carbocycles. The minimum absolute atomic E-state index is 0.0552. The van der Waals surface area contributed by atoms with Gasteiger partial charge in [-0.25, -0.2) is 4.98 Å². The molecule has 0 saturated carbocycles. The number of nitrogens with zero attached hydrogens (tertiary/aromatic N) is 1. The Bertz CT molecular complexity index is 604. The molecule has 19 heavy (non-hydrogen) atoms. The number of rotatable bonds is 4. The summed E-state index contributed by atoms with van der Waals surface area (Å²) in [6, 6.07) is 9.15. The fraction of sp³-hybridized carbons (Fsp3) is 0.286. The van der Waals surface area contributed by atoms with Gasteiger partial charge in [0.25, 0.3) is 5.56 Å². The lowest BCUT2D eigenvalue weighted by Crippen LogP contribution is -2.15. The third-order valence-corrected chi connectivity index (χ3v) is 2.93. The highest BCUT2D eigenvalue weighted by atomic mass is 16.1. The van der Waals surface area contributed by atoms with Gasteiger partial charge in [-0.3, -0.25) is 4.79 Å². The Morgan fingerprint density at radius 1 is 1.37 bits per heavy atom. The van der Waals surface area contributed by atoms with Crippen LogP contribution >= 0.6 is 0 Å². The summed E-state index contributed by atoms with van der Waals surface area (Å²) in [6.07, 6.45) is 0.695. The van der Waals surface area contributed by atoms with Gasteiger partial charge in [-0.05, 0) is 24.6 Å². The van der Waals surface area contributed by atoms with E-state index < -0.39 is 0 Å². The molecular formula is C14H18N4O. The summed E-state index contributed by atoms with van der Waals surface area (Å²) in [5, 5.41) is 3.22. The number of aryl methyl sites for hydroxylation is 1. The van der Waals surface area contributed by atoms with Gasteiger partial charge in [0.1, 0.15) is 11.6 Å². The molecule has 2 aromatic rings. The third-order valence-electron chi connectivity index (χ3n) is 2.93. The van der Waals surface area contributed by atoms with E-state index in [0.717, 1.165) is 11.3 Å². The number of aromatic nitrogens is 2. The second-order valence-corrected chi connectivity index (χ2v) is 4.46. The smallest absolute Gasteiger partial charge is 0.252 e. The van der Waals surface area contributed by atoms with Gasteiger partial charge >= 0.3 is 0 Å². The quantitative estimate of drug-likeness (QED) is 0.733. The van der Waals surface area contributed by atoms with E-state index in [2.05, 4.69) is 15.3 Å². The van der Waals surface area contributed by atoms with Crippen molar-refractivity contribution >= 4 is 11.5 Å². The molecule has 5 heteroatoms. The van der Waals surface area contributed by atoms with Crippen molar-refractivity contribution in [1.82, 2.24) is 9.97 Å². The van der Waals surface area contributed by atoms with Crippen LogP contribution in [0.4, 0.5) is 11.5 Å². The molecular weight excluding hydrogens is 240 g/mol. The lowest BCUT2D eigenvalue weighted by Gasteiger charge is -2.15. The second-order valence-electron chi connectivity index (χ2n) is 4.46. The predicted octanol–water partition coefficient (Wildman–Crippen LogP) is 2.09. The molecule has 1 aromatic carbocycles. The number of nitrogen functional groups attached to an aromatic ring is 1. The first kappa shape index (κ1) is 13.1. The van der Waals surface area contributed by atoms with Gasteiger partial charge in [0.05, 0.1) is 0 Å². The Balaban J connectivity index is 2.18. The Hall–Kier alpha value is -2.30. The second kappa shape index (κ2) is 5.56. The van der Waals surface area contributed by atoms with E-state index in [9.17, 15) is 4.79 Å². The van der Waals surface area contributed by atoms with Crippen LogP contribution in [0.1, 0.15) is 31.3 Å². The van der Waals surface area contributed by atoms with E-state index >= 15 is 0 Å². The maximum atomic E-state index is 11.5. The Morgan fingerprint density at radius 3 is 2.68 bits per heavy atom. The van der Waals surface area contributed by atoms with Crippen LogP contribution in [0.25, 0.3) is 0 Å². The zero-order chi connectivity index (χ0) is 13.8. The molecule has 100 valence electrons. The SMILES string of the molecule is CCc1nc(NC(C)c2ccc(N)cc2)cc(=O)[nH]1. The molecule has 4 N–H and O–H groups in total. The summed E-state index contributed by atoms with van der Waals surface area (Å²) in [7, 11) is 0. The number of benzene rings is 1. The lowest BCUT2D eigenvalue weighted by molar-refractivity contribution is 0.851. The molecule has 1 unspecified atom stereocenters. The summed E-state index contributed by atoms with van der Waals surface area (Å²) in [5.41, 5.74) is 7.35. The van der Waals surface area contributed by atoms with Crippen LogP contribution in [0.3, 0.4) is 0 Å². The highest BCUT2D eigenvalue weighted by molar-refractivity contribution is 5.43. The summed E-state index contributed by atoms with van der Waals surface area (Å²) in [4.78, 5) is 18.5. The summed E-state index contributed by atoms with van der Waals surface area (Å²) in [5.74, 6) is 1.27. The molecule has 0 fully saturated rings. The summed E-state index contributed by atoms with van der Waals surface area (Å²) in [6.45, 7) is 3.96. The fourth-order valence-corrected chi connectivity index (χ4v) is 1.84. The van der Waals surface area contributed by atoms with Crippen molar-refractivity contribution in [3.63, 3.8) is 0 Å². The van der Waals surface area contributed by atoms with Gasteiger partial charge in [-0.1, -0.05) is 19.1 Å². The molecule has 0 aliphatic heterocycles. The molecule has 0 radical (unpaired) electrons. The number of aromatic amines is 1. The molecule has 1 atom stereocenters. The molecule has 1 heterocycles. The van der Waals surface area contributed by atoms with Crippen LogP contribution in [0.2, 0.25) is 0 Å². The zero-order valence-electron chi connectivity index (χ0n) is 11.1. The van der Waals surface area contributed by atoms with Crippen molar-refractivity contribution in [2.24, 2.45) is 0 Å². The van der Waals surface area contributed by atoms with Crippen molar-refractivity contribution in [3.8, 4) is 0 Å². The van der Waals surface area contributed by atoms with Crippen LogP contribution in [0.5, 0.6) is 0 Å². The van der Waals surface area contributed by atoms with E-state index in [0.29, 0.717) is 18.1 Å². The molecule has 0 saturated heterocycles. The zero-order valence-corrected chi connectivity index (χ0v) is 11.1. The third kappa shape index (κ3) is 3.34. The number of anilines is 2. The number of hydrogen-bond donors (Lipinski definition) is 3. The van der Waals surface area contributed by atoms with Gasteiger partial charge in [0.15, 0.2) is 0 Å². The number of H-pyrrole nitrogens is 1. The Kier molecular flexibility index (Phi) is 3.85. The van der Waals surface area contributed by atoms with Gasteiger partial charge in [-0.15, -0.1) is 0 Å². The molecule has 0 aliphatic rings. The van der Waals surface area contributed by atoms with E-state index in [4.69, 9.17) is 5.73 Å². The van der Waals surface area contributed by atoms with Gasteiger partial charge in [0, 0.05) is 24.2 Å². The van der Waals surface area contributed by atoms with Gasteiger partial charge < -0.3 is 16.0 Å². The van der Waals surface area contributed by atoms with Crippen molar-refractivity contribution in [2.75, 3.05) is 11.1 Å². The topological polar surface area (TPSA) is 83.8 Å². The minimum atomic E-state index is -0.140. The minimum Gasteiger partial charge on any atom is -0.399 e. The van der Waals surface area contributed by atoms with E-state index in [1.807, 2.05) is 38.1 Å². The van der Waals surface area contributed by atoms with E-state index in [1.165, 1.54) is 6.07 Å². The normalized spacial score (nSPS) is 12.1. The van der Waals surface area contributed by atoms with Crippen LogP contribution in [-0.2, 0) is 6.42 Å². The average Bonchev–Trinajstić information content (AvgIpc) is 2.38.